The number of benzene rings is 2. The molecule has 2 rings (SSSR count). The molecule has 21 heavy (non-hydrogen) atoms. The third-order valence-corrected chi connectivity index (χ3v) is 3.52. The van der Waals surface area contributed by atoms with Gasteiger partial charge in [-0.1, -0.05) is 12.1 Å². The van der Waals surface area contributed by atoms with Gasteiger partial charge in [-0.15, -0.1) is 0 Å². The number of aryl methyl sites for hydroxylation is 1. The van der Waals surface area contributed by atoms with Crippen molar-refractivity contribution in [3.63, 3.8) is 0 Å². The van der Waals surface area contributed by atoms with Gasteiger partial charge in [0.1, 0.15) is 29.3 Å². The molecule has 0 fully saturated rings. The maximum atomic E-state index is 13.8. The van der Waals surface area contributed by atoms with Crippen LogP contribution in [0, 0.1) is 31.3 Å². The third-order valence-electron chi connectivity index (χ3n) is 3.52. The van der Waals surface area contributed by atoms with Crippen LogP contribution in [0.15, 0.2) is 24.3 Å². The molecule has 0 saturated heterocycles. The van der Waals surface area contributed by atoms with Crippen LogP contribution >= 0.6 is 0 Å². The molecule has 0 aromatic heterocycles. The molecule has 1 unspecified atom stereocenters. The molecule has 0 heterocycles. The van der Waals surface area contributed by atoms with Gasteiger partial charge in [-0.3, -0.25) is 0 Å². The second kappa shape index (κ2) is 5.77. The van der Waals surface area contributed by atoms with E-state index in [1.807, 2.05) is 6.92 Å². The van der Waals surface area contributed by atoms with E-state index in [2.05, 4.69) is 0 Å². The molecule has 0 spiro atoms. The number of rotatable bonds is 3. The fourth-order valence-electron chi connectivity index (χ4n) is 2.27. The molecular weight excluding hydrogens is 281 g/mol. The van der Waals surface area contributed by atoms with E-state index >= 15 is 0 Å². The van der Waals surface area contributed by atoms with E-state index in [1.165, 1.54) is 13.2 Å². The fourth-order valence-corrected chi connectivity index (χ4v) is 2.27. The highest BCUT2D eigenvalue weighted by molar-refractivity contribution is 5.49. The molecule has 0 aliphatic heterocycles. The zero-order valence-electron chi connectivity index (χ0n) is 11.9. The van der Waals surface area contributed by atoms with Crippen LogP contribution in [-0.4, -0.2) is 12.2 Å². The summed E-state index contributed by atoms with van der Waals surface area (Å²) in [5, 5.41) is 10.3. The molecule has 2 aromatic rings. The van der Waals surface area contributed by atoms with Crippen molar-refractivity contribution < 1.29 is 23.0 Å². The molecular formula is C16H15F3O2. The summed E-state index contributed by atoms with van der Waals surface area (Å²) >= 11 is 0. The Bertz CT molecular complexity index is 660. The Hall–Kier alpha value is -2.01. The zero-order chi connectivity index (χ0) is 15.7. The molecule has 0 aliphatic carbocycles. The summed E-state index contributed by atoms with van der Waals surface area (Å²) in [6, 6.07) is 4.33. The minimum atomic E-state index is -1.58. The first-order valence-electron chi connectivity index (χ1n) is 6.33. The normalized spacial score (nSPS) is 12.3. The average molecular weight is 296 g/mol. The van der Waals surface area contributed by atoms with Gasteiger partial charge in [-0.05, 0) is 25.0 Å². The highest BCUT2D eigenvalue weighted by atomic mass is 19.1. The Morgan fingerprint density at radius 2 is 1.62 bits per heavy atom. The average Bonchev–Trinajstić information content (AvgIpc) is 2.40. The quantitative estimate of drug-likeness (QED) is 0.933. The maximum Gasteiger partial charge on any atom is 0.135 e. The molecule has 0 amide bonds. The van der Waals surface area contributed by atoms with Crippen molar-refractivity contribution in [3.05, 3.63) is 64.0 Å². The first-order valence-corrected chi connectivity index (χ1v) is 6.33. The van der Waals surface area contributed by atoms with Crippen molar-refractivity contribution in [1.29, 1.82) is 0 Å². The first kappa shape index (κ1) is 15.4. The van der Waals surface area contributed by atoms with Gasteiger partial charge < -0.3 is 9.84 Å². The second-order valence-corrected chi connectivity index (χ2v) is 4.82. The van der Waals surface area contributed by atoms with E-state index in [9.17, 15) is 18.3 Å². The van der Waals surface area contributed by atoms with Crippen LogP contribution < -0.4 is 4.74 Å². The van der Waals surface area contributed by atoms with Gasteiger partial charge in [0.25, 0.3) is 0 Å². The topological polar surface area (TPSA) is 29.5 Å². The second-order valence-electron chi connectivity index (χ2n) is 4.82. The smallest absolute Gasteiger partial charge is 0.135 e. The number of halogens is 3. The summed E-state index contributed by atoms with van der Waals surface area (Å²) in [5.41, 5.74) is 1.31. The van der Waals surface area contributed by atoms with E-state index in [1.54, 1.807) is 13.0 Å². The largest absolute Gasteiger partial charge is 0.496 e. The molecule has 5 heteroatoms. The molecule has 0 saturated carbocycles. The SMILES string of the molecule is COc1c(C(O)c2c(F)cc(F)cc2F)ccc(C)c1C. The number of ether oxygens (including phenoxy) is 1. The van der Waals surface area contributed by atoms with Gasteiger partial charge >= 0.3 is 0 Å². The third kappa shape index (κ3) is 2.74. The molecule has 2 aromatic carbocycles. The van der Waals surface area contributed by atoms with Gasteiger partial charge in [0.2, 0.25) is 0 Å². The fraction of sp³-hybridized carbons (Fsp3) is 0.250. The molecule has 0 bridgehead atoms. The molecule has 0 aliphatic rings. The Morgan fingerprint density at radius 3 is 2.14 bits per heavy atom. The number of methoxy groups -OCH3 is 1. The zero-order valence-corrected chi connectivity index (χ0v) is 11.9. The minimum absolute atomic E-state index is 0.227. The molecule has 112 valence electrons. The van der Waals surface area contributed by atoms with E-state index in [0.717, 1.165) is 11.1 Å². The summed E-state index contributed by atoms with van der Waals surface area (Å²) in [6.07, 6.45) is -1.58. The van der Waals surface area contributed by atoms with Crippen LogP contribution in [0.4, 0.5) is 13.2 Å². The van der Waals surface area contributed by atoms with Crippen molar-refractivity contribution in [3.8, 4) is 5.75 Å². The van der Waals surface area contributed by atoms with Crippen molar-refractivity contribution in [1.82, 2.24) is 0 Å². The lowest BCUT2D eigenvalue weighted by atomic mass is 9.95. The first-order chi connectivity index (χ1) is 9.86. The van der Waals surface area contributed by atoms with E-state index < -0.39 is 29.1 Å². The van der Waals surface area contributed by atoms with Crippen molar-refractivity contribution in [2.75, 3.05) is 7.11 Å². The van der Waals surface area contributed by atoms with Crippen LogP contribution in [0.1, 0.15) is 28.4 Å². The predicted octanol–water partition coefficient (Wildman–Crippen LogP) is 3.81. The highest BCUT2D eigenvalue weighted by Crippen LogP contribution is 2.36. The van der Waals surface area contributed by atoms with Gasteiger partial charge in [-0.2, -0.15) is 0 Å². The molecule has 0 radical (unpaired) electrons. The Balaban J connectivity index is 2.61. The van der Waals surface area contributed by atoms with Crippen molar-refractivity contribution >= 4 is 0 Å². The van der Waals surface area contributed by atoms with E-state index in [-0.39, 0.29) is 5.56 Å². The Labute approximate surface area is 120 Å². The van der Waals surface area contributed by atoms with Crippen LogP contribution in [-0.2, 0) is 0 Å². The maximum absolute atomic E-state index is 13.8. The number of aliphatic hydroxyl groups excluding tert-OH is 1. The summed E-state index contributed by atoms with van der Waals surface area (Å²) in [6.45, 7) is 3.63. The standard InChI is InChI=1S/C16H15F3O2/c1-8-4-5-11(16(21-3)9(8)2)15(20)14-12(18)6-10(17)7-13(14)19/h4-7,15,20H,1-3H3. The highest BCUT2D eigenvalue weighted by Gasteiger charge is 2.24. The lowest BCUT2D eigenvalue weighted by Gasteiger charge is -2.19. The van der Waals surface area contributed by atoms with Gasteiger partial charge in [0.15, 0.2) is 0 Å². The molecule has 2 nitrogen and oxygen atoms in total. The Kier molecular flexibility index (Phi) is 4.23. The molecule has 1 N–H and O–H groups in total. The van der Waals surface area contributed by atoms with E-state index in [4.69, 9.17) is 4.74 Å². The Morgan fingerprint density at radius 1 is 1.05 bits per heavy atom. The number of aliphatic hydroxyl groups is 1. The van der Waals surface area contributed by atoms with Gasteiger partial charge in [0, 0.05) is 17.7 Å². The number of hydrogen-bond donors (Lipinski definition) is 1. The number of hydrogen-bond acceptors (Lipinski definition) is 2. The van der Waals surface area contributed by atoms with Crippen molar-refractivity contribution in [2.24, 2.45) is 0 Å². The van der Waals surface area contributed by atoms with Crippen LogP contribution in [0.25, 0.3) is 0 Å². The van der Waals surface area contributed by atoms with Crippen LogP contribution in [0.2, 0.25) is 0 Å². The van der Waals surface area contributed by atoms with Crippen LogP contribution in [0.3, 0.4) is 0 Å². The van der Waals surface area contributed by atoms with Gasteiger partial charge in [-0.25, -0.2) is 13.2 Å². The van der Waals surface area contributed by atoms with E-state index in [0.29, 0.717) is 17.9 Å². The summed E-state index contributed by atoms with van der Waals surface area (Å²) in [4.78, 5) is 0. The lowest BCUT2D eigenvalue weighted by Crippen LogP contribution is -2.09. The van der Waals surface area contributed by atoms with Crippen LogP contribution in [0.5, 0.6) is 5.75 Å². The molecule has 1 atom stereocenters. The van der Waals surface area contributed by atoms with Crippen molar-refractivity contribution in [2.45, 2.75) is 20.0 Å². The summed E-state index contributed by atoms with van der Waals surface area (Å²) < 4.78 is 45.7. The monoisotopic (exact) mass is 296 g/mol. The minimum Gasteiger partial charge on any atom is -0.496 e. The lowest BCUT2D eigenvalue weighted by molar-refractivity contribution is 0.203. The summed E-state index contributed by atoms with van der Waals surface area (Å²) in [7, 11) is 1.41. The summed E-state index contributed by atoms with van der Waals surface area (Å²) in [5.74, 6) is -2.96. The van der Waals surface area contributed by atoms with Gasteiger partial charge in [0.05, 0.1) is 12.7 Å². The predicted molar refractivity (Wildman–Crippen MR) is 72.8 cm³/mol.